The number of hydrogen-bond donors (Lipinski definition) is 1. The van der Waals surface area contributed by atoms with E-state index in [1.807, 2.05) is 0 Å². The van der Waals surface area contributed by atoms with Gasteiger partial charge < -0.3 is 14.9 Å². The van der Waals surface area contributed by atoms with Gasteiger partial charge >= 0.3 is 5.97 Å². The first-order chi connectivity index (χ1) is 11.1. The van der Waals surface area contributed by atoms with Crippen molar-refractivity contribution in [2.75, 3.05) is 0 Å². The van der Waals surface area contributed by atoms with Gasteiger partial charge in [0.15, 0.2) is 6.17 Å². The first-order valence-electron chi connectivity index (χ1n) is 8.55. The number of carbonyl (C=O) groups excluding carboxylic acids is 1. The fourth-order valence-electron chi connectivity index (χ4n) is 1.86. The lowest BCUT2D eigenvalue weighted by Gasteiger charge is -2.36. The fourth-order valence-corrected chi connectivity index (χ4v) is 2.90. The molecule has 0 bridgehead atoms. The zero-order valence-electron chi connectivity index (χ0n) is 16.6. The van der Waals surface area contributed by atoms with Gasteiger partial charge in [0.2, 0.25) is 8.32 Å². The standard InChI is InChI=1S/C19H32FNO3Si/c1-18(2,3)23-17(22)16(21)15(20)13-9-11-14(12-10-13)24-25(7,8)19(4,5)6/h9-12,15-16H,21H2,1-8H3/t15?,16-/m0/s1. The number of ether oxygens (including phenoxy) is 1. The van der Waals surface area contributed by atoms with Crippen LogP contribution in [-0.2, 0) is 9.53 Å². The molecule has 1 unspecified atom stereocenters. The number of halogens is 1. The summed E-state index contributed by atoms with van der Waals surface area (Å²) in [7, 11) is -1.95. The normalized spacial score (nSPS) is 15.4. The lowest BCUT2D eigenvalue weighted by atomic mass is 10.0. The Kier molecular flexibility index (Phi) is 6.45. The second-order valence-corrected chi connectivity index (χ2v) is 13.6. The largest absolute Gasteiger partial charge is 0.544 e. The van der Waals surface area contributed by atoms with E-state index in [2.05, 4.69) is 33.9 Å². The van der Waals surface area contributed by atoms with Crippen LogP contribution in [0.2, 0.25) is 18.1 Å². The number of carbonyl (C=O) groups is 1. The molecule has 1 rings (SSSR count). The van der Waals surface area contributed by atoms with Gasteiger partial charge in [0, 0.05) is 0 Å². The highest BCUT2D eigenvalue weighted by molar-refractivity contribution is 6.74. The third kappa shape index (κ3) is 6.11. The number of nitrogens with two attached hydrogens (primary N) is 1. The predicted molar refractivity (Wildman–Crippen MR) is 102 cm³/mol. The third-order valence-electron chi connectivity index (χ3n) is 4.37. The van der Waals surface area contributed by atoms with Crippen LogP contribution in [-0.4, -0.2) is 25.9 Å². The van der Waals surface area contributed by atoms with Gasteiger partial charge in [-0.1, -0.05) is 32.9 Å². The van der Waals surface area contributed by atoms with Gasteiger partial charge in [-0.15, -0.1) is 0 Å². The lowest BCUT2D eigenvalue weighted by molar-refractivity contribution is -0.158. The maximum Gasteiger partial charge on any atom is 0.326 e. The summed E-state index contributed by atoms with van der Waals surface area (Å²) in [5, 5.41) is 0.0768. The van der Waals surface area contributed by atoms with Crippen molar-refractivity contribution in [3.63, 3.8) is 0 Å². The summed E-state index contributed by atoms with van der Waals surface area (Å²) in [5.74, 6) is -0.0463. The van der Waals surface area contributed by atoms with Crippen molar-refractivity contribution < 1.29 is 18.3 Å². The molecule has 0 aliphatic heterocycles. The Hall–Kier alpha value is -1.40. The van der Waals surface area contributed by atoms with Crippen LogP contribution < -0.4 is 10.2 Å². The van der Waals surface area contributed by atoms with Gasteiger partial charge in [0.25, 0.3) is 0 Å². The summed E-state index contributed by atoms with van der Waals surface area (Å²) in [4.78, 5) is 11.9. The van der Waals surface area contributed by atoms with Crippen LogP contribution in [0, 0.1) is 0 Å². The van der Waals surface area contributed by atoms with Gasteiger partial charge in [0.1, 0.15) is 17.4 Å². The van der Waals surface area contributed by atoms with Crippen molar-refractivity contribution in [2.45, 2.75) is 77.5 Å². The van der Waals surface area contributed by atoms with Crippen LogP contribution in [0.5, 0.6) is 5.75 Å². The molecule has 2 N–H and O–H groups in total. The van der Waals surface area contributed by atoms with Crippen molar-refractivity contribution in [1.82, 2.24) is 0 Å². The van der Waals surface area contributed by atoms with Crippen molar-refractivity contribution in [3.05, 3.63) is 29.8 Å². The van der Waals surface area contributed by atoms with E-state index in [-0.39, 0.29) is 5.04 Å². The Morgan fingerprint density at radius 2 is 1.56 bits per heavy atom. The third-order valence-corrected chi connectivity index (χ3v) is 8.73. The van der Waals surface area contributed by atoms with Crippen molar-refractivity contribution in [2.24, 2.45) is 5.73 Å². The summed E-state index contributed by atoms with van der Waals surface area (Å²) in [6.07, 6.45) is -1.63. The smallest absolute Gasteiger partial charge is 0.326 e. The SMILES string of the molecule is CC(C)(C)OC(=O)[C@@H](N)C(F)c1ccc(O[Si](C)(C)C(C)(C)C)cc1. The molecule has 2 atom stereocenters. The highest BCUT2D eigenvalue weighted by Crippen LogP contribution is 2.37. The topological polar surface area (TPSA) is 61.5 Å². The highest BCUT2D eigenvalue weighted by atomic mass is 28.4. The molecule has 0 aromatic heterocycles. The van der Waals surface area contributed by atoms with Crippen LogP contribution in [0.15, 0.2) is 24.3 Å². The molecule has 142 valence electrons. The highest BCUT2D eigenvalue weighted by Gasteiger charge is 2.39. The summed E-state index contributed by atoms with van der Waals surface area (Å²) in [6.45, 7) is 15.9. The van der Waals surface area contributed by atoms with Crippen LogP contribution in [0.25, 0.3) is 0 Å². The van der Waals surface area contributed by atoms with Crippen molar-refractivity contribution in [1.29, 1.82) is 0 Å². The average molecular weight is 370 g/mol. The van der Waals surface area contributed by atoms with E-state index in [9.17, 15) is 9.18 Å². The molecule has 4 nitrogen and oxygen atoms in total. The maximum atomic E-state index is 14.6. The van der Waals surface area contributed by atoms with Gasteiger partial charge in [-0.3, -0.25) is 4.79 Å². The quantitative estimate of drug-likeness (QED) is 0.601. The summed E-state index contributed by atoms with van der Waals surface area (Å²) < 4.78 is 25.9. The Balaban J connectivity index is 2.83. The van der Waals surface area contributed by atoms with E-state index in [4.69, 9.17) is 14.9 Å². The number of rotatable bonds is 5. The molecule has 25 heavy (non-hydrogen) atoms. The molecule has 1 aromatic carbocycles. The van der Waals surface area contributed by atoms with E-state index in [0.29, 0.717) is 11.3 Å². The van der Waals surface area contributed by atoms with Gasteiger partial charge in [0.05, 0.1) is 0 Å². The maximum absolute atomic E-state index is 14.6. The van der Waals surface area contributed by atoms with E-state index < -0.39 is 32.1 Å². The van der Waals surface area contributed by atoms with Gasteiger partial charge in [-0.05, 0) is 56.6 Å². The monoisotopic (exact) mass is 369 g/mol. The van der Waals surface area contributed by atoms with E-state index in [1.54, 1.807) is 45.0 Å². The molecule has 6 heteroatoms. The Morgan fingerprint density at radius 3 is 1.96 bits per heavy atom. The lowest BCUT2D eigenvalue weighted by Crippen LogP contribution is -2.43. The first-order valence-corrected chi connectivity index (χ1v) is 11.5. The number of alkyl halides is 1. The number of hydrogen-bond acceptors (Lipinski definition) is 4. The molecule has 0 aliphatic carbocycles. The van der Waals surface area contributed by atoms with E-state index >= 15 is 0 Å². The molecule has 0 saturated carbocycles. The molecule has 0 aliphatic rings. The summed E-state index contributed by atoms with van der Waals surface area (Å²) in [5.41, 5.74) is 5.36. The molecular formula is C19H32FNO3Si. The molecule has 0 spiro atoms. The second-order valence-electron chi connectivity index (χ2n) is 8.89. The molecular weight excluding hydrogens is 337 g/mol. The predicted octanol–water partition coefficient (Wildman–Crippen LogP) is 4.75. The Labute approximate surface area is 152 Å². The van der Waals surface area contributed by atoms with Crippen molar-refractivity contribution >= 4 is 14.3 Å². The van der Waals surface area contributed by atoms with Gasteiger partial charge in [-0.2, -0.15) is 0 Å². The minimum absolute atomic E-state index is 0.0768. The summed E-state index contributed by atoms with van der Waals surface area (Å²) in [6, 6.07) is 5.31. The molecule has 0 fully saturated rings. The molecule has 0 amide bonds. The summed E-state index contributed by atoms with van der Waals surface area (Å²) >= 11 is 0. The van der Waals surface area contributed by atoms with Crippen LogP contribution in [0.1, 0.15) is 53.3 Å². The van der Waals surface area contributed by atoms with Crippen LogP contribution >= 0.6 is 0 Å². The van der Waals surface area contributed by atoms with Gasteiger partial charge in [-0.25, -0.2) is 4.39 Å². The second kappa shape index (κ2) is 7.46. The fraction of sp³-hybridized carbons (Fsp3) is 0.632. The van der Waals surface area contributed by atoms with Crippen LogP contribution in [0.3, 0.4) is 0 Å². The number of benzene rings is 1. The average Bonchev–Trinajstić information content (AvgIpc) is 2.43. The molecule has 0 radical (unpaired) electrons. The Morgan fingerprint density at radius 1 is 1.08 bits per heavy atom. The van der Waals surface area contributed by atoms with Crippen LogP contribution in [0.4, 0.5) is 4.39 Å². The minimum Gasteiger partial charge on any atom is -0.544 e. The minimum atomic E-state index is -1.95. The zero-order valence-corrected chi connectivity index (χ0v) is 17.6. The molecule has 1 aromatic rings. The molecule has 0 saturated heterocycles. The number of esters is 1. The zero-order chi connectivity index (χ0) is 19.6. The van der Waals surface area contributed by atoms with E-state index in [1.165, 1.54) is 0 Å². The first kappa shape index (κ1) is 21.6. The molecule has 0 heterocycles. The van der Waals surface area contributed by atoms with E-state index in [0.717, 1.165) is 0 Å². The van der Waals surface area contributed by atoms with Crippen molar-refractivity contribution in [3.8, 4) is 5.75 Å². The Bertz CT molecular complexity index is 588.